The van der Waals surface area contributed by atoms with Crippen molar-refractivity contribution in [2.24, 2.45) is 0 Å². The van der Waals surface area contributed by atoms with Crippen molar-refractivity contribution in [2.75, 3.05) is 26.3 Å². The summed E-state index contributed by atoms with van der Waals surface area (Å²) in [5.74, 6) is 1.83. The van der Waals surface area contributed by atoms with Crippen LogP contribution in [-0.2, 0) is 9.59 Å². The van der Waals surface area contributed by atoms with Crippen LogP contribution in [0.15, 0.2) is 121 Å². The van der Waals surface area contributed by atoms with Crippen molar-refractivity contribution in [1.29, 1.82) is 0 Å². The van der Waals surface area contributed by atoms with Gasteiger partial charge in [-0.2, -0.15) is 0 Å². The zero-order chi connectivity index (χ0) is 29.9. The van der Waals surface area contributed by atoms with E-state index in [1.807, 2.05) is 121 Å². The summed E-state index contributed by atoms with van der Waals surface area (Å²) in [5, 5.41) is 0. The topological polar surface area (TPSA) is 77.5 Å². The van der Waals surface area contributed by atoms with Gasteiger partial charge < -0.3 is 28.7 Å². The molecule has 4 aromatic rings. The molecule has 5 aliphatic heterocycles. The molecule has 0 N–H and O–H groups in total. The molecule has 8 heteroatoms. The van der Waals surface area contributed by atoms with Gasteiger partial charge in [0.25, 0.3) is 11.8 Å². The summed E-state index contributed by atoms with van der Waals surface area (Å²) in [7, 11) is 0. The number of carbonyl (C=O) groups excluding carboxylic acids is 2. The van der Waals surface area contributed by atoms with E-state index in [0.29, 0.717) is 49.3 Å². The predicted molar refractivity (Wildman–Crippen MR) is 164 cm³/mol. The Morgan fingerprint density at radius 2 is 0.841 bits per heavy atom. The molecule has 0 aromatic heterocycles. The normalized spacial score (nSPS) is 24.0. The molecule has 0 radical (unpaired) electrons. The minimum Gasteiger partial charge on any atom is -0.486 e. The molecule has 4 aromatic carbocycles. The summed E-state index contributed by atoms with van der Waals surface area (Å²) >= 11 is 0. The third kappa shape index (κ3) is 5.24. The molecule has 0 unspecified atom stereocenters. The van der Waals surface area contributed by atoms with Gasteiger partial charge in [0.2, 0.25) is 12.2 Å². The lowest BCUT2D eigenvalue weighted by Crippen LogP contribution is -2.66. The van der Waals surface area contributed by atoms with Crippen molar-refractivity contribution < 1.29 is 28.5 Å². The standard InChI is InChI=1S/C36H32N2O6/c39-35-33-31(25-13-3-1-4-14-25)37(35)21-22-38-32(26-15-5-2-6-16-26)34(36(38)40)44-30-20-10-8-18-28(30)42-24-12-11-23-41-27-17-7-9-19-29(27)43-33/h1-20,31-34H,21-24H2/b12-11+/t31-,32-,33+,34+/m1/s1. The van der Waals surface area contributed by atoms with E-state index >= 15 is 0 Å². The number of carbonyl (C=O) groups is 2. The molecular weight excluding hydrogens is 556 g/mol. The van der Waals surface area contributed by atoms with Gasteiger partial charge in [-0.25, -0.2) is 0 Å². The zero-order valence-corrected chi connectivity index (χ0v) is 24.0. The molecule has 0 spiro atoms. The average molecular weight is 589 g/mol. The highest BCUT2D eigenvalue weighted by Crippen LogP contribution is 2.42. The molecule has 9 rings (SSSR count). The quantitative estimate of drug-likeness (QED) is 0.231. The van der Waals surface area contributed by atoms with E-state index in [2.05, 4.69) is 0 Å². The molecule has 2 amide bonds. The second-order valence-electron chi connectivity index (χ2n) is 10.8. The van der Waals surface area contributed by atoms with Gasteiger partial charge in [-0.15, -0.1) is 0 Å². The van der Waals surface area contributed by atoms with Gasteiger partial charge in [0.1, 0.15) is 25.3 Å². The fourth-order valence-electron chi connectivity index (χ4n) is 6.01. The van der Waals surface area contributed by atoms with E-state index in [1.165, 1.54) is 0 Å². The summed E-state index contributed by atoms with van der Waals surface area (Å²) < 4.78 is 24.7. The first-order valence-electron chi connectivity index (χ1n) is 14.8. The number of amides is 2. The van der Waals surface area contributed by atoms with E-state index in [-0.39, 0.29) is 23.9 Å². The van der Waals surface area contributed by atoms with E-state index in [4.69, 9.17) is 18.9 Å². The molecule has 4 atom stereocenters. The largest absolute Gasteiger partial charge is 0.486 e. The van der Waals surface area contributed by atoms with Crippen molar-refractivity contribution in [3.05, 3.63) is 132 Å². The highest BCUT2D eigenvalue weighted by molar-refractivity contribution is 5.91. The van der Waals surface area contributed by atoms with E-state index in [0.717, 1.165) is 11.1 Å². The Morgan fingerprint density at radius 3 is 1.25 bits per heavy atom. The Morgan fingerprint density at radius 1 is 0.477 bits per heavy atom. The van der Waals surface area contributed by atoms with Crippen LogP contribution in [0, 0.1) is 0 Å². The minimum absolute atomic E-state index is 0.133. The van der Waals surface area contributed by atoms with E-state index in [9.17, 15) is 9.59 Å². The molecule has 0 aliphatic carbocycles. The van der Waals surface area contributed by atoms with Gasteiger partial charge in [0.15, 0.2) is 23.0 Å². The zero-order valence-electron chi connectivity index (χ0n) is 24.0. The van der Waals surface area contributed by atoms with Gasteiger partial charge in [0.05, 0.1) is 0 Å². The van der Waals surface area contributed by atoms with Crippen molar-refractivity contribution in [1.82, 2.24) is 9.80 Å². The third-order valence-electron chi connectivity index (χ3n) is 8.21. The van der Waals surface area contributed by atoms with Crippen molar-refractivity contribution in [3.63, 3.8) is 0 Å². The number of ether oxygens (including phenoxy) is 4. The molecule has 2 fully saturated rings. The monoisotopic (exact) mass is 588 g/mol. The summed E-state index contributed by atoms with van der Waals surface area (Å²) in [6.45, 7) is 1.28. The molecule has 4 bridgehead atoms. The molecule has 44 heavy (non-hydrogen) atoms. The maximum atomic E-state index is 13.6. The van der Waals surface area contributed by atoms with Crippen molar-refractivity contribution in [2.45, 2.75) is 24.3 Å². The fraction of sp³-hybridized carbons (Fsp3) is 0.222. The number of hydrogen-bond donors (Lipinski definition) is 0. The highest BCUT2D eigenvalue weighted by atomic mass is 16.5. The number of hydrogen-bond acceptors (Lipinski definition) is 6. The number of nitrogens with zero attached hydrogens (tertiary/aromatic N) is 2. The van der Waals surface area contributed by atoms with Crippen LogP contribution >= 0.6 is 0 Å². The number of β-lactam (4-membered cyclic amide) rings is 2. The van der Waals surface area contributed by atoms with Crippen LogP contribution < -0.4 is 18.9 Å². The first kappa shape index (κ1) is 27.6. The second-order valence-corrected chi connectivity index (χ2v) is 10.8. The highest BCUT2D eigenvalue weighted by Gasteiger charge is 2.53. The van der Waals surface area contributed by atoms with E-state index < -0.39 is 12.2 Å². The number of para-hydroxylation sites is 4. The molecule has 2 saturated heterocycles. The van der Waals surface area contributed by atoms with E-state index in [1.54, 1.807) is 9.80 Å². The Balaban J connectivity index is 1.22. The second kappa shape index (κ2) is 12.2. The summed E-state index contributed by atoms with van der Waals surface area (Å²) in [5.41, 5.74) is 1.93. The van der Waals surface area contributed by atoms with Crippen LogP contribution in [0.5, 0.6) is 23.0 Å². The lowest BCUT2D eigenvalue weighted by Gasteiger charge is -2.50. The Kier molecular flexibility index (Phi) is 7.63. The smallest absolute Gasteiger partial charge is 0.266 e. The van der Waals surface area contributed by atoms with Crippen molar-refractivity contribution in [3.8, 4) is 23.0 Å². The first-order valence-corrected chi connectivity index (χ1v) is 14.8. The summed E-state index contributed by atoms with van der Waals surface area (Å²) in [6, 6.07) is 33.8. The molecule has 5 heterocycles. The predicted octanol–water partition coefficient (Wildman–Crippen LogP) is 5.38. The van der Waals surface area contributed by atoms with Crippen LogP contribution in [0.2, 0.25) is 0 Å². The molecule has 8 nitrogen and oxygen atoms in total. The van der Waals surface area contributed by atoms with Gasteiger partial charge in [-0.3, -0.25) is 9.59 Å². The van der Waals surface area contributed by atoms with Gasteiger partial charge in [0, 0.05) is 13.1 Å². The maximum absolute atomic E-state index is 13.6. The first-order chi connectivity index (χ1) is 21.7. The van der Waals surface area contributed by atoms with Gasteiger partial charge >= 0.3 is 0 Å². The molecule has 0 saturated carbocycles. The van der Waals surface area contributed by atoms with Gasteiger partial charge in [-0.05, 0) is 47.5 Å². The Hall–Kier alpha value is -5.24. The third-order valence-corrected chi connectivity index (χ3v) is 8.21. The van der Waals surface area contributed by atoms with Crippen LogP contribution in [0.3, 0.4) is 0 Å². The Bertz CT molecular complexity index is 1540. The number of rotatable bonds is 2. The van der Waals surface area contributed by atoms with Crippen LogP contribution in [-0.4, -0.2) is 60.1 Å². The minimum atomic E-state index is -0.721. The van der Waals surface area contributed by atoms with Crippen LogP contribution in [0.1, 0.15) is 23.2 Å². The van der Waals surface area contributed by atoms with Crippen molar-refractivity contribution >= 4 is 11.8 Å². The van der Waals surface area contributed by atoms with Crippen LogP contribution in [0.25, 0.3) is 0 Å². The molecule has 5 aliphatic rings. The lowest BCUT2D eigenvalue weighted by molar-refractivity contribution is -0.172. The summed E-state index contributed by atoms with van der Waals surface area (Å²) in [6.07, 6.45) is 2.28. The SMILES string of the molecule is O=C1[C@H]2Oc3ccccc3OC/C=C/COc3ccccc3O[C@@H]3C(=O)N(CCN1[C@@H]2c1ccccc1)[C@@H]3c1ccccc1. The fourth-order valence-corrected chi connectivity index (χ4v) is 6.01. The lowest BCUT2D eigenvalue weighted by atomic mass is 9.88. The Labute approximate surface area is 256 Å². The summed E-state index contributed by atoms with van der Waals surface area (Å²) in [4.78, 5) is 30.8. The van der Waals surface area contributed by atoms with Crippen LogP contribution in [0.4, 0.5) is 0 Å². The number of benzene rings is 4. The van der Waals surface area contributed by atoms with Gasteiger partial charge in [-0.1, -0.05) is 84.9 Å². The molecule has 222 valence electrons. The average Bonchev–Trinajstić information content (AvgIpc) is 3.07. The molecular formula is C36H32N2O6. The maximum Gasteiger partial charge on any atom is 0.266 e.